The maximum atomic E-state index is 12.2. The molecule has 0 bridgehead atoms. The molecule has 0 saturated heterocycles. The van der Waals surface area contributed by atoms with Crippen LogP contribution in [0.2, 0.25) is 0 Å². The summed E-state index contributed by atoms with van der Waals surface area (Å²) in [6, 6.07) is 0. The molecule has 4 unspecified atom stereocenters. The van der Waals surface area contributed by atoms with Crippen LogP contribution in [0.25, 0.3) is 0 Å². The van der Waals surface area contributed by atoms with Gasteiger partial charge in [-0.1, -0.05) is 18.7 Å². The topological polar surface area (TPSA) is 66.4 Å². The van der Waals surface area contributed by atoms with Gasteiger partial charge in [-0.3, -0.25) is 9.59 Å². The number of hydrogen-bond acceptors (Lipinski definition) is 4. The van der Waals surface area contributed by atoms with Crippen molar-refractivity contribution in [1.82, 2.24) is 5.32 Å². The molecule has 2 N–H and O–H groups in total. The summed E-state index contributed by atoms with van der Waals surface area (Å²) in [6.45, 7) is 2.06. The van der Waals surface area contributed by atoms with Crippen molar-refractivity contribution in [2.24, 2.45) is 17.8 Å². The minimum atomic E-state index is -0.828. The Morgan fingerprint density at radius 1 is 1.35 bits per heavy atom. The van der Waals surface area contributed by atoms with Gasteiger partial charge < -0.3 is 10.4 Å². The summed E-state index contributed by atoms with van der Waals surface area (Å²) in [7, 11) is 0. The zero-order chi connectivity index (χ0) is 12.4. The minimum Gasteiger partial charge on any atom is -0.481 e. The van der Waals surface area contributed by atoms with Crippen LogP contribution in [-0.2, 0) is 9.59 Å². The van der Waals surface area contributed by atoms with E-state index >= 15 is 0 Å². The molecule has 0 radical (unpaired) electrons. The second-order valence-electron chi connectivity index (χ2n) is 4.86. The lowest BCUT2D eigenvalue weighted by Crippen LogP contribution is -2.41. The van der Waals surface area contributed by atoms with Gasteiger partial charge in [0.25, 0.3) is 0 Å². The summed E-state index contributed by atoms with van der Waals surface area (Å²) in [6.07, 6.45) is 4.02. The van der Waals surface area contributed by atoms with Gasteiger partial charge in [-0.2, -0.15) is 0 Å². The monoisotopic (exact) mass is 255 g/mol. The van der Waals surface area contributed by atoms with Gasteiger partial charge in [-0.05, 0) is 30.6 Å². The number of aliphatic carboxylic acids is 1. The average molecular weight is 255 g/mol. The first-order valence-electron chi connectivity index (χ1n) is 5.92. The third-order valence-electron chi connectivity index (χ3n) is 3.58. The molecule has 0 amide bonds. The molecule has 2 aliphatic rings. The number of carbonyl (C=O) groups excluding carboxylic acids is 1. The standard InChI is InChI=1S/C12H17NO3S/c1-7-2-3-8(9(6-7)12(15)16)10(14)11-13-4-5-17-11/h4-5,7-9,11,13H,2-3,6H2,1H3,(H,15,16). The number of thioether (sulfide) groups is 1. The number of carboxylic acids is 1. The van der Waals surface area contributed by atoms with Crippen molar-refractivity contribution < 1.29 is 14.7 Å². The molecule has 1 aliphatic carbocycles. The van der Waals surface area contributed by atoms with E-state index in [0.29, 0.717) is 18.8 Å². The van der Waals surface area contributed by atoms with Crippen LogP contribution >= 0.6 is 11.8 Å². The van der Waals surface area contributed by atoms with Crippen molar-refractivity contribution >= 4 is 23.5 Å². The van der Waals surface area contributed by atoms with Crippen LogP contribution in [0.3, 0.4) is 0 Å². The van der Waals surface area contributed by atoms with E-state index in [1.54, 1.807) is 6.20 Å². The molecule has 1 aliphatic heterocycles. The number of carboxylic acid groups (broad SMARTS) is 1. The van der Waals surface area contributed by atoms with Crippen molar-refractivity contribution in [1.29, 1.82) is 0 Å². The fourth-order valence-electron chi connectivity index (χ4n) is 2.62. The summed E-state index contributed by atoms with van der Waals surface area (Å²) in [5.41, 5.74) is 0. The Hall–Kier alpha value is -0.970. The molecule has 4 atom stereocenters. The van der Waals surface area contributed by atoms with E-state index < -0.39 is 11.9 Å². The second-order valence-corrected chi connectivity index (χ2v) is 5.87. The normalized spacial score (nSPS) is 36.5. The third kappa shape index (κ3) is 2.65. The van der Waals surface area contributed by atoms with Crippen LogP contribution in [-0.4, -0.2) is 22.2 Å². The molecule has 5 heteroatoms. The van der Waals surface area contributed by atoms with Crippen molar-refractivity contribution in [2.75, 3.05) is 0 Å². The van der Waals surface area contributed by atoms with Crippen molar-refractivity contribution in [2.45, 2.75) is 31.6 Å². The maximum absolute atomic E-state index is 12.2. The molecule has 0 aromatic rings. The highest BCUT2D eigenvalue weighted by Gasteiger charge is 2.40. The smallest absolute Gasteiger partial charge is 0.307 e. The van der Waals surface area contributed by atoms with E-state index in [-0.39, 0.29) is 17.1 Å². The summed E-state index contributed by atoms with van der Waals surface area (Å²) in [4.78, 5) is 23.5. The zero-order valence-corrected chi connectivity index (χ0v) is 10.6. The first-order chi connectivity index (χ1) is 8.09. The van der Waals surface area contributed by atoms with Gasteiger partial charge >= 0.3 is 5.97 Å². The molecule has 1 fully saturated rings. The Morgan fingerprint density at radius 2 is 2.12 bits per heavy atom. The Morgan fingerprint density at radius 3 is 2.71 bits per heavy atom. The highest BCUT2D eigenvalue weighted by molar-refractivity contribution is 8.03. The SMILES string of the molecule is CC1CCC(C(=O)C2NC=CS2)C(C(=O)O)C1. The number of ketones is 1. The van der Waals surface area contributed by atoms with Crippen LogP contribution < -0.4 is 5.32 Å². The molecule has 0 aromatic heterocycles. The predicted molar refractivity (Wildman–Crippen MR) is 66.3 cm³/mol. The Bertz CT molecular complexity index is 348. The van der Waals surface area contributed by atoms with Gasteiger partial charge in [0, 0.05) is 12.1 Å². The number of carbonyl (C=O) groups is 2. The Kier molecular flexibility index (Phi) is 3.76. The highest BCUT2D eigenvalue weighted by Crippen LogP contribution is 2.36. The Balaban J connectivity index is 2.06. The van der Waals surface area contributed by atoms with Crippen LogP contribution in [0.5, 0.6) is 0 Å². The van der Waals surface area contributed by atoms with Crippen molar-refractivity contribution in [3.05, 3.63) is 11.6 Å². The lowest BCUT2D eigenvalue weighted by Gasteiger charge is -2.32. The molecule has 2 rings (SSSR count). The van der Waals surface area contributed by atoms with E-state index in [2.05, 4.69) is 12.2 Å². The molecular formula is C12H17NO3S. The van der Waals surface area contributed by atoms with Crippen LogP contribution in [0.15, 0.2) is 11.6 Å². The molecule has 1 saturated carbocycles. The highest BCUT2D eigenvalue weighted by atomic mass is 32.2. The van der Waals surface area contributed by atoms with Crippen molar-refractivity contribution in [3.8, 4) is 0 Å². The van der Waals surface area contributed by atoms with E-state index in [0.717, 1.165) is 6.42 Å². The number of hydrogen-bond donors (Lipinski definition) is 2. The molecule has 4 nitrogen and oxygen atoms in total. The molecule has 94 valence electrons. The lowest BCUT2D eigenvalue weighted by molar-refractivity contribution is -0.149. The summed E-state index contributed by atoms with van der Waals surface area (Å²) >= 11 is 1.42. The van der Waals surface area contributed by atoms with E-state index in [1.807, 2.05) is 5.41 Å². The van der Waals surface area contributed by atoms with Gasteiger partial charge in [0.1, 0.15) is 5.37 Å². The van der Waals surface area contributed by atoms with Gasteiger partial charge in [0.2, 0.25) is 0 Å². The van der Waals surface area contributed by atoms with E-state index in [4.69, 9.17) is 0 Å². The van der Waals surface area contributed by atoms with Gasteiger partial charge in [0.15, 0.2) is 5.78 Å². The minimum absolute atomic E-state index is 0.0410. The van der Waals surface area contributed by atoms with Gasteiger partial charge in [-0.25, -0.2) is 0 Å². The lowest BCUT2D eigenvalue weighted by atomic mass is 9.73. The number of Topliss-reactive ketones (excluding diaryl/α,β-unsaturated/α-hetero) is 1. The second kappa shape index (κ2) is 5.12. The van der Waals surface area contributed by atoms with Crippen LogP contribution in [0.4, 0.5) is 0 Å². The maximum Gasteiger partial charge on any atom is 0.307 e. The van der Waals surface area contributed by atoms with E-state index in [9.17, 15) is 14.7 Å². The molecular weight excluding hydrogens is 238 g/mol. The number of rotatable bonds is 3. The quantitative estimate of drug-likeness (QED) is 0.805. The molecule has 0 spiro atoms. The van der Waals surface area contributed by atoms with Gasteiger partial charge in [0.05, 0.1) is 5.92 Å². The largest absolute Gasteiger partial charge is 0.481 e. The molecule has 0 aromatic carbocycles. The molecule has 1 heterocycles. The molecule has 17 heavy (non-hydrogen) atoms. The summed E-state index contributed by atoms with van der Waals surface area (Å²) < 4.78 is 0. The third-order valence-corrected chi connectivity index (χ3v) is 4.52. The van der Waals surface area contributed by atoms with Gasteiger partial charge in [-0.15, -0.1) is 0 Å². The summed E-state index contributed by atoms with van der Waals surface area (Å²) in [5, 5.41) is 13.7. The van der Waals surface area contributed by atoms with E-state index in [1.165, 1.54) is 11.8 Å². The average Bonchev–Trinajstić information content (AvgIpc) is 2.81. The zero-order valence-electron chi connectivity index (χ0n) is 9.76. The summed E-state index contributed by atoms with van der Waals surface area (Å²) in [5.74, 6) is -1.21. The predicted octanol–water partition coefficient (Wildman–Crippen LogP) is 1.83. The fourth-order valence-corrected chi connectivity index (χ4v) is 3.40. The van der Waals surface area contributed by atoms with Crippen LogP contribution in [0.1, 0.15) is 26.2 Å². The number of nitrogens with one attached hydrogen (secondary N) is 1. The first-order valence-corrected chi connectivity index (χ1v) is 6.87. The van der Waals surface area contributed by atoms with Crippen LogP contribution in [0, 0.1) is 17.8 Å². The van der Waals surface area contributed by atoms with Crippen molar-refractivity contribution in [3.63, 3.8) is 0 Å². The fraction of sp³-hybridized carbons (Fsp3) is 0.667. The first kappa shape index (κ1) is 12.5. The Labute approximate surface area is 105 Å².